The number of methoxy groups -OCH3 is 1. The van der Waals surface area contributed by atoms with Gasteiger partial charge in [-0.2, -0.15) is 4.72 Å². The predicted molar refractivity (Wildman–Crippen MR) is 110 cm³/mol. The van der Waals surface area contributed by atoms with Gasteiger partial charge in [-0.15, -0.1) is 5.10 Å². The van der Waals surface area contributed by atoms with Crippen molar-refractivity contribution >= 4 is 10.0 Å². The summed E-state index contributed by atoms with van der Waals surface area (Å²) in [4.78, 5) is 11.6. The Morgan fingerprint density at radius 2 is 1.97 bits per heavy atom. The number of nitrogens with one attached hydrogen (secondary N) is 2. The highest BCUT2D eigenvalue weighted by Gasteiger charge is 2.33. The standard InChI is InChI=1S/C21H23N3O5S/c1-13(15-9-5-7-14-8-6-10-16(14)15)19(20-22-23-21(25)29-20)24-30(26,27)18-12-4-3-11-17(18)28-2/h3-5,7,9,11-13,19,24H,6,8,10H2,1-2H3,(H,23,25). The lowest BCUT2D eigenvalue weighted by Crippen LogP contribution is -2.32. The first kappa shape index (κ1) is 20.4. The first-order valence-corrected chi connectivity index (χ1v) is 11.2. The Hall–Kier alpha value is -2.91. The van der Waals surface area contributed by atoms with E-state index in [0.717, 1.165) is 24.8 Å². The van der Waals surface area contributed by atoms with Gasteiger partial charge in [0.1, 0.15) is 16.7 Å². The highest BCUT2D eigenvalue weighted by Crippen LogP contribution is 2.37. The number of aromatic amines is 1. The van der Waals surface area contributed by atoms with Crippen LogP contribution in [0.25, 0.3) is 0 Å². The molecule has 1 aliphatic rings. The van der Waals surface area contributed by atoms with Crippen molar-refractivity contribution in [3.8, 4) is 5.75 Å². The molecule has 0 radical (unpaired) electrons. The van der Waals surface area contributed by atoms with E-state index >= 15 is 0 Å². The zero-order valence-corrected chi connectivity index (χ0v) is 17.5. The summed E-state index contributed by atoms with van der Waals surface area (Å²) in [6.07, 6.45) is 3.01. The van der Waals surface area contributed by atoms with Crippen LogP contribution in [0.2, 0.25) is 0 Å². The van der Waals surface area contributed by atoms with Crippen LogP contribution in [-0.4, -0.2) is 25.7 Å². The maximum absolute atomic E-state index is 13.2. The third-order valence-corrected chi connectivity index (χ3v) is 7.01. The van der Waals surface area contributed by atoms with E-state index in [1.807, 2.05) is 19.1 Å². The van der Waals surface area contributed by atoms with Crippen LogP contribution in [-0.2, 0) is 22.9 Å². The van der Waals surface area contributed by atoms with Crippen LogP contribution in [0.15, 0.2) is 56.6 Å². The SMILES string of the molecule is COc1ccccc1S(=O)(=O)NC(c1n[nH]c(=O)o1)C(C)c1cccc2c1CCC2. The number of para-hydroxylation sites is 1. The summed E-state index contributed by atoms with van der Waals surface area (Å²) in [6, 6.07) is 11.5. The summed E-state index contributed by atoms with van der Waals surface area (Å²) >= 11 is 0. The van der Waals surface area contributed by atoms with E-state index in [0.29, 0.717) is 0 Å². The van der Waals surface area contributed by atoms with Crippen LogP contribution in [0.4, 0.5) is 0 Å². The predicted octanol–water partition coefficient (Wildman–Crippen LogP) is 2.68. The molecule has 0 saturated carbocycles. The number of hydrogen-bond acceptors (Lipinski definition) is 6. The van der Waals surface area contributed by atoms with Crippen molar-refractivity contribution in [3.63, 3.8) is 0 Å². The Morgan fingerprint density at radius 1 is 1.17 bits per heavy atom. The molecule has 158 valence electrons. The molecule has 2 unspecified atom stereocenters. The number of sulfonamides is 1. The molecule has 1 heterocycles. The van der Waals surface area contributed by atoms with E-state index in [1.165, 1.54) is 24.3 Å². The van der Waals surface area contributed by atoms with Gasteiger partial charge in [-0.1, -0.05) is 37.3 Å². The van der Waals surface area contributed by atoms with Crippen molar-refractivity contribution in [1.82, 2.24) is 14.9 Å². The molecule has 0 spiro atoms. The molecule has 4 rings (SSSR count). The first-order chi connectivity index (χ1) is 14.4. The van der Waals surface area contributed by atoms with Gasteiger partial charge in [-0.3, -0.25) is 0 Å². The molecule has 0 aliphatic heterocycles. The average Bonchev–Trinajstić information content (AvgIpc) is 3.40. The number of aryl methyl sites for hydroxylation is 1. The smallest absolute Gasteiger partial charge is 0.434 e. The Morgan fingerprint density at radius 3 is 2.70 bits per heavy atom. The van der Waals surface area contributed by atoms with Crippen molar-refractivity contribution in [2.24, 2.45) is 0 Å². The minimum atomic E-state index is -4.00. The number of rotatable bonds is 7. The van der Waals surface area contributed by atoms with Crippen molar-refractivity contribution in [2.75, 3.05) is 7.11 Å². The Kier molecular flexibility index (Phi) is 5.48. The highest BCUT2D eigenvalue weighted by molar-refractivity contribution is 7.89. The summed E-state index contributed by atoms with van der Waals surface area (Å²) in [7, 11) is -2.59. The molecule has 3 aromatic rings. The summed E-state index contributed by atoms with van der Waals surface area (Å²) < 4.78 is 39.5. The average molecular weight is 429 g/mol. The fourth-order valence-electron chi connectivity index (χ4n) is 4.07. The van der Waals surface area contributed by atoms with Crippen LogP contribution in [0, 0.1) is 0 Å². The third kappa shape index (κ3) is 3.78. The second-order valence-corrected chi connectivity index (χ2v) is 9.01. The molecule has 1 aliphatic carbocycles. The molecule has 1 aromatic heterocycles. The summed E-state index contributed by atoms with van der Waals surface area (Å²) in [6.45, 7) is 1.90. The molecule has 2 aromatic carbocycles. The summed E-state index contributed by atoms with van der Waals surface area (Å²) in [5.41, 5.74) is 3.52. The second-order valence-electron chi connectivity index (χ2n) is 7.33. The first-order valence-electron chi connectivity index (χ1n) is 9.72. The fourth-order valence-corrected chi connectivity index (χ4v) is 5.51. The van der Waals surface area contributed by atoms with Crippen molar-refractivity contribution < 1.29 is 17.6 Å². The molecule has 0 amide bonds. The molecule has 9 heteroatoms. The van der Waals surface area contributed by atoms with Gasteiger partial charge in [-0.25, -0.2) is 18.3 Å². The zero-order chi connectivity index (χ0) is 21.3. The maximum atomic E-state index is 13.2. The molecule has 2 atom stereocenters. The van der Waals surface area contributed by atoms with Crippen LogP contribution in [0.5, 0.6) is 5.75 Å². The van der Waals surface area contributed by atoms with Gasteiger partial charge >= 0.3 is 5.76 Å². The van der Waals surface area contributed by atoms with Gasteiger partial charge in [0, 0.05) is 5.92 Å². The molecule has 30 heavy (non-hydrogen) atoms. The normalized spacial score (nSPS) is 15.5. The van der Waals surface area contributed by atoms with E-state index in [4.69, 9.17) is 9.15 Å². The summed E-state index contributed by atoms with van der Waals surface area (Å²) in [5.74, 6) is -0.854. The molecular weight excluding hydrogens is 406 g/mol. The Balaban J connectivity index is 1.76. The number of hydrogen-bond donors (Lipinski definition) is 2. The van der Waals surface area contributed by atoms with Gasteiger partial charge < -0.3 is 9.15 Å². The minimum absolute atomic E-state index is 0.000809. The van der Waals surface area contributed by atoms with Gasteiger partial charge in [0.25, 0.3) is 0 Å². The number of nitrogens with zero attached hydrogens (tertiary/aromatic N) is 1. The van der Waals surface area contributed by atoms with E-state index in [1.54, 1.807) is 18.2 Å². The number of ether oxygens (including phenoxy) is 1. The van der Waals surface area contributed by atoms with Crippen LogP contribution in [0.3, 0.4) is 0 Å². The van der Waals surface area contributed by atoms with Gasteiger partial charge in [0.05, 0.1) is 7.11 Å². The van der Waals surface area contributed by atoms with Crippen molar-refractivity contribution in [2.45, 2.75) is 43.0 Å². The van der Waals surface area contributed by atoms with Gasteiger partial charge in [0.15, 0.2) is 0 Å². The van der Waals surface area contributed by atoms with Crippen LogP contribution >= 0.6 is 0 Å². The van der Waals surface area contributed by atoms with E-state index in [-0.39, 0.29) is 22.5 Å². The van der Waals surface area contributed by atoms with Crippen molar-refractivity contribution in [1.29, 1.82) is 0 Å². The number of fused-ring (bicyclic) bond motifs is 1. The van der Waals surface area contributed by atoms with E-state index in [9.17, 15) is 13.2 Å². The number of benzene rings is 2. The monoisotopic (exact) mass is 429 g/mol. The maximum Gasteiger partial charge on any atom is 0.434 e. The zero-order valence-electron chi connectivity index (χ0n) is 16.7. The lowest BCUT2D eigenvalue weighted by molar-refractivity contribution is 0.378. The minimum Gasteiger partial charge on any atom is -0.495 e. The lowest BCUT2D eigenvalue weighted by Gasteiger charge is -2.25. The van der Waals surface area contributed by atoms with E-state index in [2.05, 4.69) is 21.0 Å². The van der Waals surface area contributed by atoms with Crippen LogP contribution in [0.1, 0.15) is 47.9 Å². The number of H-pyrrole nitrogens is 1. The quantitative estimate of drug-likeness (QED) is 0.597. The van der Waals surface area contributed by atoms with Crippen molar-refractivity contribution in [3.05, 3.63) is 75.6 Å². The number of aromatic nitrogens is 2. The molecule has 8 nitrogen and oxygen atoms in total. The Labute approximate surface area is 174 Å². The molecule has 2 N–H and O–H groups in total. The van der Waals surface area contributed by atoms with Crippen LogP contribution < -0.4 is 15.2 Å². The van der Waals surface area contributed by atoms with Gasteiger partial charge in [-0.05, 0) is 48.1 Å². The Bertz CT molecular complexity index is 1220. The van der Waals surface area contributed by atoms with E-state index < -0.39 is 21.8 Å². The highest BCUT2D eigenvalue weighted by atomic mass is 32.2. The fraction of sp³-hybridized carbons (Fsp3) is 0.333. The second kappa shape index (κ2) is 8.08. The molecule has 0 bridgehead atoms. The lowest BCUT2D eigenvalue weighted by atomic mass is 9.88. The molecule has 0 fully saturated rings. The van der Waals surface area contributed by atoms with Gasteiger partial charge in [0.2, 0.25) is 15.9 Å². The largest absolute Gasteiger partial charge is 0.495 e. The molecular formula is C21H23N3O5S. The summed E-state index contributed by atoms with van der Waals surface area (Å²) in [5, 5.41) is 6.14. The topological polar surface area (TPSA) is 114 Å². The third-order valence-electron chi connectivity index (χ3n) is 5.53. The molecule has 0 saturated heterocycles.